The highest BCUT2D eigenvalue weighted by molar-refractivity contribution is 5.83. The Kier molecular flexibility index (Phi) is 14.3. The van der Waals surface area contributed by atoms with Crippen LogP contribution in [0.4, 0.5) is 0 Å². The smallest absolute Gasteiger partial charge is 0.336 e. The van der Waals surface area contributed by atoms with Gasteiger partial charge in [-0.25, -0.2) is 4.79 Å². The van der Waals surface area contributed by atoms with Gasteiger partial charge in [-0.15, -0.1) is 0 Å². The topological polar surface area (TPSA) is 83.8 Å². The van der Waals surface area contributed by atoms with Crippen molar-refractivity contribution in [2.45, 2.75) is 110 Å². The minimum absolute atomic E-state index is 0.268. The van der Waals surface area contributed by atoms with E-state index in [4.69, 9.17) is 4.74 Å². The molecule has 160 valence electrons. The zero-order chi connectivity index (χ0) is 20.7. The van der Waals surface area contributed by atoms with E-state index in [1.165, 1.54) is 19.3 Å². The highest BCUT2D eigenvalue weighted by atomic mass is 16.5. The molecule has 5 nitrogen and oxygen atoms in total. The van der Waals surface area contributed by atoms with Crippen LogP contribution in [-0.4, -0.2) is 34.4 Å². The third-order valence-corrected chi connectivity index (χ3v) is 4.99. The van der Waals surface area contributed by atoms with Gasteiger partial charge in [-0.1, -0.05) is 79.1 Å². The predicted molar refractivity (Wildman–Crippen MR) is 109 cm³/mol. The van der Waals surface area contributed by atoms with Crippen LogP contribution in [0.5, 0.6) is 0 Å². The number of unbranched alkanes of at least 4 members (excludes halogenated alkanes) is 6. The van der Waals surface area contributed by atoms with E-state index in [-0.39, 0.29) is 6.42 Å². The maximum absolute atomic E-state index is 11.8. The van der Waals surface area contributed by atoms with E-state index >= 15 is 0 Å². The van der Waals surface area contributed by atoms with E-state index in [2.05, 4.69) is 27.7 Å². The summed E-state index contributed by atoms with van der Waals surface area (Å²) in [7, 11) is 0. The van der Waals surface area contributed by atoms with Gasteiger partial charge in [0.05, 0.1) is 6.42 Å². The molecule has 0 fully saturated rings. The van der Waals surface area contributed by atoms with Crippen molar-refractivity contribution in [1.82, 2.24) is 0 Å². The fraction of sp³-hybridized carbons (Fsp3) is 0.909. The van der Waals surface area contributed by atoms with Crippen molar-refractivity contribution in [2.24, 2.45) is 11.8 Å². The monoisotopic (exact) mass is 386 g/mol. The molecule has 0 aliphatic heterocycles. The van der Waals surface area contributed by atoms with Crippen molar-refractivity contribution < 1.29 is 24.5 Å². The van der Waals surface area contributed by atoms with Gasteiger partial charge in [0.25, 0.3) is 0 Å². The summed E-state index contributed by atoms with van der Waals surface area (Å²) >= 11 is 0. The molecule has 0 bridgehead atoms. The number of rotatable bonds is 18. The van der Waals surface area contributed by atoms with Gasteiger partial charge in [0.15, 0.2) is 5.60 Å². The van der Waals surface area contributed by atoms with Crippen molar-refractivity contribution in [3.63, 3.8) is 0 Å². The van der Waals surface area contributed by atoms with E-state index in [0.717, 1.165) is 38.5 Å². The molecule has 1 atom stereocenters. The molecule has 0 saturated carbocycles. The van der Waals surface area contributed by atoms with Gasteiger partial charge in [-0.3, -0.25) is 4.79 Å². The first-order valence-electron chi connectivity index (χ1n) is 10.8. The second-order valence-electron chi connectivity index (χ2n) is 8.66. The van der Waals surface area contributed by atoms with Gasteiger partial charge >= 0.3 is 11.9 Å². The zero-order valence-corrected chi connectivity index (χ0v) is 18.0. The fourth-order valence-electron chi connectivity index (χ4n) is 3.29. The quantitative estimate of drug-likeness (QED) is 0.286. The summed E-state index contributed by atoms with van der Waals surface area (Å²) in [5.41, 5.74) is -1.58. The summed E-state index contributed by atoms with van der Waals surface area (Å²) in [5.74, 6) is -0.878. The Morgan fingerprint density at radius 3 is 1.70 bits per heavy atom. The number of carbonyl (C=O) groups is 2. The van der Waals surface area contributed by atoms with Crippen molar-refractivity contribution in [2.75, 3.05) is 6.61 Å². The van der Waals surface area contributed by atoms with E-state index in [1.54, 1.807) is 0 Å². The Hall–Kier alpha value is -1.10. The van der Waals surface area contributed by atoms with E-state index < -0.39 is 24.0 Å². The molecule has 27 heavy (non-hydrogen) atoms. The van der Waals surface area contributed by atoms with Crippen LogP contribution in [0, 0.1) is 11.8 Å². The van der Waals surface area contributed by atoms with Gasteiger partial charge in [-0.2, -0.15) is 0 Å². The molecule has 2 N–H and O–H groups in total. The lowest BCUT2D eigenvalue weighted by Crippen LogP contribution is -2.44. The summed E-state index contributed by atoms with van der Waals surface area (Å²) < 4.78 is 5.69. The number of hydrogen-bond donors (Lipinski definition) is 2. The number of aliphatic carboxylic acids is 2. The van der Waals surface area contributed by atoms with Crippen LogP contribution in [0.2, 0.25) is 0 Å². The maximum Gasteiger partial charge on any atom is 0.336 e. The van der Waals surface area contributed by atoms with E-state index in [0.29, 0.717) is 24.9 Å². The van der Waals surface area contributed by atoms with Crippen LogP contribution in [0.1, 0.15) is 105 Å². The molecular weight excluding hydrogens is 344 g/mol. The molecule has 0 aromatic carbocycles. The lowest BCUT2D eigenvalue weighted by molar-refractivity contribution is -0.174. The first-order chi connectivity index (χ1) is 12.7. The Bertz CT molecular complexity index is 406. The molecule has 0 saturated heterocycles. The standard InChI is InChI=1S/C22H42O5/c1-18(2)13-9-5-7-11-15-22(21(25)26,17-20(23)24)27-16-12-8-6-10-14-19(3)4/h18-19H,5-17H2,1-4H3,(H,23,24)(H,25,26). The number of ether oxygens (including phenoxy) is 1. The molecule has 0 amide bonds. The van der Waals surface area contributed by atoms with Crippen LogP contribution in [0.3, 0.4) is 0 Å². The van der Waals surface area contributed by atoms with Gasteiger partial charge in [0.2, 0.25) is 0 Å². The molecule has 0 aromatic heterocycles. The summed E-state index contributed by atoms with van der Waals surface area (Å²) in [6.45, 7) is 9.12. The van der Waals surface area contributed by atoms with Crippen LogP contribution < -0.4 is 0 Å². The SMILES string of the molecule is CC(C)CCCCCCOC(CCCCCCC(C)C)(CC(=O)O)C(=O)O. The van der Waals surface area contributed by atoms with Crippen LogP contribution >= 0.6 is 0 Å². The Morgan fingerprint density at radius 2 is 1.26 bits per heavy atom. The highest BCUT2D eigenvalue weighted by Crippen LogP contribution is 2.26. The van der Waals surface area contributed by atoms with Crippen molar-refractivity contribution >= 4 is 11.9 Å². The van der Waals surface area contributed by atoms with Crippen LogP contribution in [0.25, 0.3) is 0 Å². The highest BCUT2D eigenvalue weighted by Gasteiger charge is 2.41. The average molecular weight is 387 g/mol. The molecule has 0 heterocycles. The van der Waals surface area contributed by atoms with Crippen LogP contribution in [-0.2, 0) is 14.3 Å². The van der Waals surface area contributed by atoms with Gasteiger partial charge in [0, 0.05) is 6.61 Å². The molecule has 0 aromatic rings. The molecule has 0 rings (SSSR count). The molecular formula is C22H42O5. The Labute approximate surface area is 165 Å². The van der Waals surface area contributed by atoms with Crippen molar-refractivity contribution in [3.05, 3.63) is 0 Å². The molecule has 0 aliphatic rings. The zero-order valence-electron chi connectivity index (χ0n) is 18.0. The lowest BCUT2D eigenvalue weighted by Gasteiger charge is -2.28. The normalized spacial score (nSPS) is 13.9. The Morgan fingerprint density at radius 1 is 0.778 bits per heavy atom. The first-order valence-corrected chi connectivity index (χ1v) is 10.8. The third-order valence-electron chi connectivity index (χ3n) is 4.99. The Balaban J connectivity index is 4.36. The maximum atomic E-state index is 11.8. The second kappa shape index (κ2) is 14.9. The molecule has 0 radical (unpaired) electrons. The summed E-state index contributed by atoms with van der Waals surface area (Å²) in [6.07, 6.45) is 10.0. The number of carboxylic acid groups (broad SMARTS) is 2. The number of hydrogen-bond acceptors (Lipinski definition) is 3. The molecule has 0 spiro atoms. The van der Waals surface area contributed by atoms with E-state index in [9.17, 15) is 19.8 Å². The van der Waals surface area contributed by atoms with Crippen molar-refractivity contribution in [1.29, 1.82) is 0 Å². The van der Waals surface area contributed by atoms with Crippen LogP contribution in [0.15, 0.2) is 0 Å². The predicted octanol–water partition coefficient (Wildman–Crippen LogP) is 5.90. The second-order valence-corrected chi connectivity index (χ2v) is 8.66. The summed E-state index contributed by atoms with van der Waals surface area (Å²) in [6, 6.07) is 0. The molecule has 5 heteroatoms. The lowest BCUT2D eigenvalue weighted by atomic mass is 9.91. The third kappa shape index (κ3) is 13.7. The minimum atomic E-state index is -1.58. The summed E-state index contributed by atoms with van der Waals surface area (Å²) in [5, 5.41) is 18.8. The first kappa shape index (κ1) is 25.9. The van der Waals surface area contributed by atoms with Gasteiger partial charge in [-0.05, 0) is 31.1 Å². The summed E-state index contributed by atoms with van der Waals surface area (Å²) in [4.78, 5) is 23.0. The number of carboxylic acids is 2. The van der Waals surface area contributed by atoms with Gasteiger partial charge < -0.3 is 14.9 Å². The van der Waals surface area contributed by atoms with Crippen molar-refractivity contribution in [3.8, 4) is 0 Å². The molecule has 1 unspecified atom stereocenters. The van der Waals surface area contributed by atoms with E-state index in [1.807, 2.05) is 0 Å². The van der Waals surface area contributed by atoms with Gasteiger partial charge in [0.1, 0.15) is 0 Å². The fourth-order valence-corrected chi connectivity index (χ4v) is 3.29. The molecule has 0 aliphatic carbocycles. The average Bonchev–Trinajstić information content (AvgIpc) is 2.55. The largest absolute Gasteiger partial charge is 0.481 e. The minimum Gasteiger partial charge on any atom is -0.481 e.